The van der Waals surface area contributed by atoms with Gasteiger partial charge in [-0.3, -0.25) is 9.36 Å². The van der Waals surface area contributed by atoms with Crippen molar-refractivity contribution < 1.29 is 15.0 Å². The summed E-state index contributed by atoms with van der Waals surface area (Å²) in [6.07, 6.45) is -0.252. The van der Waals surface area contributed by atoms with E-state index in [4.69, 9.17) is 16.6 Å². The summed E-state index contributed by atoms with van der Waals surface area (Å²) in [5.74, 6) is -0.140. The number of aliphatic hydroxyl groups excluding tert-OH is 1. The van der Waals surface area contributed by atoms with Crippen LogP contribution in [0.5, 0.6) is 0 Å². The number of fused-ring (bicyclic) bond motifs is 2. The van der Waals surface area contributed by atoms with Crippen molar-refractivity contribution in [2.75, 3.05) is 23.3 Å². The molecule has 2 aromatic heterocycles. The Labute approximate surface area is 194 Å². The minimum atomic E-state index is -1.19. The molecule has 172 valence electrons. The molecule has 3 N–H and O–H groups in total. The number of benzene rings is 1. The summed E-state index contributed by atoms with van der Waals surface area (Å²) in [5, 5.41) is 23.2. The zero-order valence-electron chi connectivity index (χ0n) is 18.4. The molecule has 2 unspecified atom stereocenters. The SMILES string of the molecule is Cc1cc(C(C)Nc2ccc(Cl)nc2C(=O)O)c2nc(N3C[C@@H]4C(O)[C@@H]4C3)n(C)c(=O)c2c1. The Morgan fingerprint density at radius 3 is 2.61 bits per heavy atom. The monoisotopic (exact) mass is 469 g/mol. The second-order valence-corrected chi connectivity index (χ2v) is 9.34. The summed E-state index contributed by atoms with van der Waals surface area (Å²) in [6, 6.07) is 6.51. The van der Waals surface area contributed by atoms with Crippen molar-refractivity contribution in [3.63, 3.8) is 0 Å². The van der Waals surface area contributed by atoms with Crippen LogP contribution in [0.25, 0.3) is 10.9 Å². The van der Waals surface area contributed by atoms with Gasteiger partial charge in [-0.25, -0.2) is 14.8 Å². The maximum atomic E-state index is 13.3. The van der Waals surface area contributed by atoms with Crippen molar-refractivity contribution in [1.82, 2.24) is 14.5 Å². The van der Waals surface area contributed by atoms with Crippen LogP contribution in [-0.4, -0.2) is 49.9 Å². The van der Waals surface area contributed by atoms with Gasteiger partial charge in [-0.2, -0.15) is 0 Å². The molecule has 2 fully saturated rings. The van der Waals surface area contributed by atoms with E-state index in [0.717, 1.165) is 11.1 Å². The molecule has 10 heteroatoms. The first-order chi connectivity index (χ1) is 15.7. The van der Waals surface area contributed by atoms with E-state index in [2.05, 4.69) is 15.2 Å². The fourth-order valence-electron chi connectivity index (χ4n) is 4.84. The number of hydrogen-bond acceptors (Lipinski definition) is 7. The van der Waals surface area contributed by atoms with Gasteiger partial charge in [0, 0.05) is 37.5 Å². The lowest BCUT2D eigenvalue weighted by molar-refractivity contribution is 0.0691. The fraction of sp³-hybridized carbons (Fsp3) is 0.391. The molecule has 4 atom stereocenters. The van der Waals surface area contributed by atoms with E-state index in [1.807, 2.05) is 26.0 Å². The Morgan fingerprint density at radius 1 is 1.24 bits per heavy atom. The van der Waals surface area contributed by atoms with Crippen molar-refractivity contribution in [3.05, 3.63) is 56.6 Å². The number of carboxylic acids is 1. The highest BCUT2D eigenvalue weighted by Crippen LogP contribution is 2.46. The fourth-order valence-corrected chi connectivity index (χ4v) is 4.99. The molecule has 1 saturated carbocycles. The number of pyridine rings is 1. The smallest absolute Gasteiger partial charge is 0.356 e. The van der Waals surface area contributed by atoms with Gasteiger partial charge in [0.1, 0.15) is 5.15 Å². The van der Waals surface area contributed by atoms with Gasteiger partial charge in [-0.15, -0.1) is 0 Å². The number of anilines is 2. The molecule has 1 saturated heterocycles. The minimum Gasteiger partial charge on any atom is -0.476 e. The Kier molecular flexibility index (Phi) is 5.06. The van der Waals surface area contributed by atoms with Gasteiger partial charge in [0.2, 0.25) is 5.95 Å². The van der Waals surface area contributed by atoms with Crippen LogP contribution in [0.4, 0.5) is 11.6 Å². The minimum absolute atomic E-state index is 0.0928. The summed E-state index contributed by atoms with van der Waals surface area (Å²) >= 11 is 5.88. The van der Waals surface area contributed by atoms with E-state index >= 15 is 0 Å². The van der Waals surface area contributed by atoms with E-state index in [1.165, 1.54) is 6.07 Å². The zero-order chi connectivity index (χ0) is 23.6. The number of rotatable bonds is 5. The molecule has 5 rings (SSSR count). The van der Waals surface area contributed by atoms with E-state index in [9.17, 15) is 19.8 Å². The van der Waals surface area contributed by atoms with Crippen LogP contribution < -0.4 is 15.8 Å². The second-order valence-electron chi connectivity index (χ2n) is 8.95. The first-order valence-electron chi connectivity index (χ1n) is 10.8. The summed E-state index contributed by atoms with van der Waals surface area (Å²) < 4.78 is 1.56. The highest BCUT2D eigenvalue weighted by molar-refractivity contribution is 6.29. The third kappa shape index (κ3) is 3.61. The van der Waals surface area contributed by atoms with Gasteiger partial charge in [-0.1, -0.05) is 17.7 Å². The number of piperidine rings is 1. The van der Waals surface area contributed by atoms with E-state index in [-0.39, 0.29) is 40.4 Å². The topological polar surface area (TPSA) is 121 Å². The summed E-state index contributed by atoms with van der Waals surface area (Å²) in [7, 11) is 1.71. The van der Waals surface area contributed by atoms with Crippen LogP contribution in [0, 0.1) is 18.8 Å². The van der Waals surface area contributed by atoms with Gasteiger partial charge in [0.05, 0.1) is 28.7 Å². The number of aromatic nitrogens is 3. The van der Waals surface area contributed by atoms with E-state index in [1.54, 1.807) is 17.7 Å². The number of hydrogen-bond donors (Lipinski definition) is 3. The van der Waals surface area contributed by atoms with Crippen LogP contribution in [0.2, 0.25) is 5.15 Å². The molecule has 1 aliphatic carbocycles. The van der Waals surface area contributed by atoms with Gasteiger partial charge < -0.3 is 20.4 Å². The molecular weight excluding hydrogens is 446 g/mol. The second kappa shape index (κ2) is 7.71. The first-order valence-corrected chi connectivity index (χ1v) is 11.1. The molecule has 0 amide bonds. The van der Waals surface area contributed by atoms with Gasteiger partial charge in [0.15, 0.2) is 5.69 Å². The Morgan fingerprint density at radius 2 is 1.94 bits per heavy atom. The van der Waals surface area contributed by atoms with E-state index < -0.39 is 5.97 Å². The van der Waals surface area contributed by atoms with Crippen LogP contribution in [0.15, 0.2) is 29.1 Å². The number of aromatic carboxylic acids is 1. The Hall–Kier alpha value is -3.17. The largest absolute Gasteiger partial charge is 0.476 e. The highest BCUT2D eigenvalue weighted by Gasteiger charge is 2.55. The normalized spacial score (nSPS) is 22.3. The predicted molar refractivity (Wildman–Crippen MR) is 125 cm³/mol. The van der Waals surface area contributed by atoms with Gasteiger partial charge in [-0.05, 0) is 37.6 Å². The number of halogens is 1. The lowest BCUT2D eigenvalue weighted by Gasteiger charge is -2.24. The average molecular weight is 470 g/mol. The van der Waals surface area contributed by atoms with Crippen molar-refractivity contribution in [1.29, 1.82) is 0 Å². The molecule has 3 heterocycles. The summed E-state index contributed by atoms with van der Waals surface area (Å²) in [4.78, 5) is 35.8. The van der Waals surface area contributed by atoms with Crippen molar-refractivity contribution >= 4 is 40.1 Å². The van der Waals surface area contributed by atoms with Crippen LogP contribution in [-0.2, 0) is 7.05 Å². The van der Waals surface area contributed by atoms with Crippen molar-refractivity contribution in [2.24, 2.45) is 18.9 Å². The molecule has 0 radical (unpaired) electrons. The number of nitrogens with one attached hydrogen (secondary N) is 1. The zero-order valence-corrected chi connectivity index (χ0v) is 19.2. The lowest BCUT2D eigenvalue weighted by atomic mass is 10.0. The number of carbonyl (C=O) groups is 1. The van der Waals surface area contributed by atoms with Crippen molar-refractivity contribution in [2.45, 2.75) is 26.0 Å². The maximum Gasteiger partial charge on any atom is 0.356 e. The molecule has 3 aromatic rings. The number of carboxylic acid groups (broad SMARTS) is 1. The molecule has 2 aliphatic rings. The number of nitrogens with zero attached hydrogens (tertiary/aromatic N) is 4. The van der Waals surface area contributed by atoms with E-state index in [0.29, 0.717) is 35.6 Å². The highest BCUT2D eigenvalue weighted by atomic mass is 35.5. The maximum absolute atomic E-state index is 13.3. The third-order valence-corrected chi connectivity index (χ3v) is 6.88. The predicted octanol–water partition coefficient (Wildman–Crippen LogP) is 2.59. The molecule has 33 heavy (non-hydrogen) atoms. The lowest BCUT2D eigenvalue weighted by Crippen LogP contribution is -2.33. The molecule has 0 spiro atoms. The Bertz CT molecular complexity index is 1340. The standard InChI is InChI=1S/C23H24ClN5O4/c1-10-6-12(11(2)25-16-4-5-17(24)26-19(16)22(32)33)18-13(7-10)21(31)28(3)23(27-18)29-8-14-15(9-29)20(14)30/h4-7,11,14-15,20,25,30H,8-9H2,1-3H3,(H,32,33)/t11?,14-,15+,20?. The molecule has 1 aliphatic heterocycles. The van der Waals surface area contributed by atoms with Gasteiger partial charge >= 0.3 is 5.97 Å². The first kappa shape index (κ1) is 21.7. The summed E-state index contributed by atoms with van der Waals surface area (Å²) in [6.45, 7) is 5.13. The number of aryl methyl sites for hydroxylation is 1. The van der Waals surface area contributed by atoms with Gasteiger partial charge in [0.25, 0.3) is 5.56 Å². The average Bonchev–Trinajstić information content (AvgIpc) is 3.17. The quantitative estimate of drug-likeness (QED) is 0.487. The molecular formula is C23H24ClN5O4. The Balaban J connectivity index is 1.58. The summed E-state index contributed by atoms with van der Waals surface area (Å²) in [5.41, 5.74) is 2.25. The van der Waals surface area contributed by atoms with Crippen LogP contribution in [0.3, 0.4) is 0 Å². The molecule has 1 aromatic carbocycles. The van der Waals surface area contributed by atoms with Crippen LogP contribution in [0.1, 0.15) is 34.6 Å². The molecule has 0 bridgehead atoms. The molecule has 9 nitrogen and oxygen atoms in total. The van der Waals surface area contributed by atoms with Crippen LogP contribution >= 0.6 is 11.6 Å². The number of aliphatic hydroxyl groups is 1. The third-order valence-electron chi connectivity index (χ3n) is 6.66. The van der Waals surface area contributed by atoms with Crippen molar-refractivity contribution in [3.8, 4) is 0 Å².